The Balaban J connectivity index is 0. The predicted octanol–water partition coefficient (Wildman–Crippen LogP) is -2.88. The van der Waals surface area contributed by atoms with Crippen LogP contribution >= 0.6 is 0 Å². The molecule has 0 atom stereocenters. The fraction of sp³-hybridized carbons (Fsp3) is 0. The van der Waals surface area contributed by atoms with Gasteiger partial charge in [0.25, 0.3) is 0 Å². The van der Waals surface area contributed by atoms with E-state index in [-0.39, 0.29) is 5.96 Å². The highest BCUT2D eigenvalue weighted by molar-refractivity contribution is 5.68. The quantitative estimate of drug-likeness (QED) is 0.167. The van der Waals surface area contributed by atoms with Crippen LogP contribution in [0.5, 0.6) is 0 Å². The van der Waals surface area contributed by atoms with Crippen LogP contribution in [-0.4, -0.2) is 5.96 Å². The number of nitrogens with zero attached hydrogens (tertiary/aromatic N) is 1. The van der Waals surface area contributed by atoms with Gasteiger partial charge in [-0.15, -0.1) is 0 Å². The zero-order valence-electron chi connectivity index (χ0n) is 3.18. The van der Waals surface area contributed by atoms with Crippen molar-refractivity contribution in [1.29, 1.82) is 5.26 Å². The lowest BCUT2D eigenvalue weighted by atomic mass is 11.1. The second kappa shape index (κ2) is 9.25. The minimum absolute atomic E-state index is 0.0833. The van der Waals surface area contributed by atoms with Crippen molar-refractivity contribution in [2.24, 2.45) is 11.5 Å². The van der Waals surface area contributed by atoms with E-state index >= 15 is 0 Å². The molecule has 0 rings (SSSR count). The number of nitrogens with two attached hydrogens (primary N) is 3. The SMILES string of the molecule is NC(N)=[NH2+].[C-]#N. The van der Waals surface area contributed by atoms with E-state index < -0.39 is 0 Å². The van der Waals surface area contributed by atoms with Crippen LogP contribution in [0.25, 0.3) is 0 Å². The van der Waals surface area contributed by atoms with E-state index in [0.717, 1.165) is 0 Å². The normalized spacial score (nSPS) is 4.33. The Hall–Kier alpha value is -1.24. The van der Waals surface area contributed by atoms with Gasteiger partial charge < -0.3 is 11.8 Å². The first-order chi connectivity index (χ1) is 2.73. The number of guanidine groups is 1. The molecule has 0 aliphatic carbocycles. The highest BCUT2D eigenvalue weighted by Gasteiger charge is 1.64. The number of hydrogen-bond acceptors (Lipinski definition) is 1. The molecule has 0 aromatic carbocycles. The van der Waals surface area contributed by atoms with Crippen molar-refractivity contribution >= 4 is 5.96 Å². The summed E-state index contributed by atoms with van der Waals surface area (Å²) in [6.45, 7) is 4.75. The van der Waals surface area contributed by atoms with E-state index in [2.05, 4.69) is 16.9 Å². The van der Waals surface area contributed by atoms with Crippen molar-refractivity contribution in [3.05, 3.63) is 6.57 Å². The molecular weight excluding hydrogens is 80.0 g/mol. The summed E-state index contributed by atoms with van der Waals surface area (Å²) in [7, 11) is 0. The summed E-state index contributed by atoms with van der Waals surface area (Å²) >= 11 is 0. The number of hydrogen-bond donors (Lipinski definition) is 3. The van der Waals surface area contributed by atoms with E-state index in [1.807, 2.05) is 0 Å². The summed E-state index contributed by atoms with van der Waals surface area (Å²) in [4.78, 5) is 0. The lowest BCUT2D eigenvalue weighted by Gasteiger charge is -1.59. The largest absolute Gasteiger partial charge is 0.512 e. The molecule has 6 heavy (non-hydrogen) atoms. The van der Waals surface area contributed by atoms with Crippen molar-refractivity contribution in [2.45, 2.75) is 0 Å². The topological polar surface area (TPSA) is 101 Å². The smallest absolute Gasteiger partial charge is 0.336 e. The maximum absolute atomic E-state index is 6.25. The van der Waals surface area contributed by atoms with E-state index in [0.29, 0.717) is 0 Å². The molecule has 6 N–H and O–H groups in total. The van der Waals surface area contributed by atoms with Crippen LogP contribution in [0.15, 0.2) is 0 Å². The van der Waals surface area contributed by atoms with Crippen LogP contribution < -0.4 is 16.9 Å². The highest BCUT2D eigenvalue weighted by atomic mass is 14.9. The Morgan fingerprint density at radius 1 is 1.50 bits per heavy atom. The molecule has 0 spiro atoms. The number of rotatable bonds is 0. The van der Waals surface area contributed by atoms with Crippen molar-refractivity contribution in [3.63, 3.8) is 0 Å². The van der Waals surface area contributed by atoms with Crippen LogP contribution in [0.3, 0.4) is 0 Å². The minimum atomic E-state index is -0.0833. The third kappa shape index (κ3) is 5.56. The summed E-state index contributed by atoms with van der Waals surface area (Å²) in [5, 5.41) is 10.8. The maximum Gasteiger partial charge on any atom is 0.336 e. The summed E-state index contributed by atoms with van der Waals surface area (Å²) in [5.41, 5.74) is 9.17. The van der Waals surface area contributed by atoms with Gasteiger partial charge in [0, 0.05) is 0 Å². The zero-order chi connectivity index (χ0) is 5.58. The minimum Gasteiger partial charge on any atom is -0.512 e. The molecule has 0 amide bonds. The third-order valence-corrected chi connectivity index (χ3v) is 0. The summed E-state index contributed by atoms with van der Waals surface area (Å²) in [5.74, 6) is -0.0833. The molecule has 0 aliphatic rings. The second-order valence-corrected chi connectivity index (χ2v) is 0.500. The van der Waals surface area contributed by atoms with Gasteiger partial charge in [0.15, 0.2) is 0 Å². The fourth-order valence-electron chi connectivity index (χ4n) is 0. The molecule has 0 aromatic heterocycles. The Bertz CT molecular complexity index is 49.8. The first-order valence-corrected chi connectivity index (χ1v) is 1.09. The van der Waals surface area contributed by atoms with Crippen molar-refractivity contribution in [3.8, 4) is 0 Å². The summed E-state index contributed by atoms with van der Waals surface area (Å²) in [6.07, 6.45) is 0. The molecule has 0 saturated heterocycles. The monoisotopic (exact) mass is 86.1 g/mol. The van der Waals surface area contributed by atoms with Gasteiger partial charge in [-0.1, -0.05) is 0 Å². The van der Waals surface area contributed by atoms with Crippen LogP contribution in [-0.2, 0) is 0 Å². The first kappa shape index (κ1) is 8.83. The van der Waals surface area contributed by atoms with Crippen molar-refractivity contribution in [1.82, 2.24) is 0 Å². The van der Waals surface area contributed by atoms with E-state index in [4.69, 9.17) is 11.8 Å². The molecule has 0 aliphatic heterocycles. The molecule has 0 bridgehead atoms. The second-order valence-electron chi connectivity index (χ2n) is 0.500. The Labute approximate surface area is 35.9 Å². The Morgan fingerprint density at radius 3 is 1.50 bits per heavy atom. The molecule has 0 aromatic rings. The predicted molar refractivity (Wildman–Crippen MR) is 20.3 cm³/mol. The Kier molecular flexibility index (Phi) is 13.6. The lowest BCUT2D eigenvalue weighted by molar-refractivity contribution is -0.116. The molecule has 34 valence electrons. The van der Waals surface area contributed by atoms with E-state index in [1.54, 1.807) is 0 Å². The van der Waals surface area contributed by atoms with Crippen molar-refractivity contribution in [2.75, 3.05) is 0 Å². The average molecular weight is 86.1 g/mol. The van der Waals surface area contributed by atoms with Gasteiger partial charge in [0.05, 0.1) is 0 Å². The van der Waals surface area contributed by atoms with Gasteiger partial charge in [-0.3, -0.25) is 16.9 Å². The summed E-state index contributed by atoms with van der Waals surface area (Å²) in [6, 6.07) is 0. The molecule has 0 radical (unpaired) electrons. The molecular formula is C2H6N4. The molecule has 0 saturated carbocycles. The highest BCUT2D eigenvalue weighted by Crippen LogP contribution is 0.925. The van der Waals surface area contributed by atoms with E-state index in [1.165, 1.54) is 0 Å². The van der Waals surface area contributed by atoms with Gasteiger partial charge in [-0.25, -0.2) is 0 Å². The first-order valence-electron chi connectivity index (χ1n) is 1.09. The molecule has 0 heterocycles. The molecule has 0 fully saturated rings. The zero-order valence-corrected chi connectivity index (χ0v) is 3.18. The molecule has 4 heteroatoms. The van der Waals surface area contributed by atoms with Gasteiger partial charge >= 0.3 is 5.96 Å². The van der Waals surface area contributed by atoms with Crippen LogP contribution in [0.2, 0.25) is 0 Å². The van der Waals surface area contributed by atoms with E-state index in [9.17, 15) is 0 Å². The lowest BCUT2D eigenvalue weighted by Crippen LogP contribution is -2.51. The van der Waals surface area contributed by atoms with Gasteiger partial charge in [-0.2, -0.15) is 0 Å². The summed E-state index contributed by atoms with van der Waals surface area (Å²) < 4.78 is 0. The van der Waals surface area contributed by atoms with Crippen LogP contribution in [0.1, 0.15) is 0 Å². The molecule has 4 nitrogen and oxygen atoms in total. The average Bonchev–Trinajstić information content (AvgIpc) is 1.41. The van der Waals surface area contributed by atoms with Gasteiger partial charge in [0.1, 0.15) is 0 Å². The fourth-order valence-corrected chi connectivity index (χ4v) is 0. The van der Waals surface area contributed by atoms with Crippen LogP contribution in [0, 0.1) is 11.8 Å². The van der Waals surface area contributed by atoms with Gasteiger partial charge in [0.2, 0.25) is 0 Å². The Morgan fingerprint density at radius 2 is 1.50 bits per heavy atom. The van der Waals surface area contributed by atoms with Crippen LogP contribution in [0.4, 0.5) is 0 Å². The van der Waals surface area contributed by atoms with Crippen molar-refractivity contribution < 1.29 is 5.41 Å². The standard InChI is InChI=1S/CH5N3.CN/c2-1(3)4;1-2/h(H5,2,3,4);/q;-1/p+1. The third-order valence-electron chi connectivity index (χ3n) is 0. The molecule has 0 unspecified atom stereocenters. The van der Waals surface area contributed by atoms with Gasteiger partial charge in [-0.05, 0) is 0 Å². The maximum atomic E-state index is 6.25.